The molecule has 2 aromatic carbocycles. The third kappa shape index (κ3) is 4.63. The van der Waals surface area contributed by atoms with E-state index in [1.807, 2.05) is 24.3 Å². The van der Waals surface area contributed by atoms with Gasteiger partial charge in [0, 0.05) is 17.3 Å². The van der Waals surface area contributed by atoms with E-state index < -0.39 is 0 Å². The Hall–Kier alpha value is -2.73. The fourth-order valence-electron chi connectivity index (χ4n) is 2.16. The molecule has 0 saturated carbocycles. The number of hydrogen-bond acceptors (Lipinski definition) is 5. The maximum atomic E-state index is 13.2. The molecular weight excluding hydrogens is 329 g/mol. The van der Waals surface area contributed by atoms with Gasteiger partial charge in [0.25, 0.3) is 0 Å². The first-order valence-electron chi connectivity index (χ1n) is 7.40. The summed E-state index contributed by atoms with van der Waals surface area (Å²) in [6.07, 6.45) is 2.26. The molecule has 5 nitrogen and oxygen atoms in total. The minimum Gasteiger partial charge on any atom is -0.353 e. The first-order valence-corrected chi connectivity index (χ1v) is 7.77. The summed E-state index contributed by atoms with van der Waals surface area (Å²) in [5, 5.41) is 14.6. The maximum Gasteiger partial charge on any atom is 0.244 e. The Morgan fingerprint density at radius 2 is 1.96 bits per heavy atom. The van der Waals surface area contributed by atoms with E-state index in [1.165, 1.54) is 18.3 Å². The van der Waals surface area contributed by atoms with Crippen LogP contribution < -0.4 is 10.6 Å². The van der Waals surface area contributed by atoms with E-state index in [1.54, 1.807) is 12.1 Å². The quantitative estimate of drug-likeness (QED) is 0.706. The monoisotopic (exact) mass is 343 g/mol. The molecule has 0 aliphatic heterocycles. The highest BCUT2D eigenvalue weighted by atomic mass is 35.5. The third-order valence-corrected chi connectivity index (χ3v) is 3.48. The molecule has 0 radical (unpaired) electrons. The summed E-state index contributed by atoms with van der Waals surface area (Å²) in [7, 11) is 0. The van der Waals surface area contributed by atoms with Gasteiger partial charge in [-0.15, -0.1) is 5.10 Å². The molecule has 1 heterocycles. The molecule has 1 aromatic heterocycles. The fraction of sp³-hybridized carbons (Fsp3) is 0.118. The Labute approximate surface area is 143 Å². The molecule has 3 rings (SSSR count). The predicted molar refractivity (Wildman–Crippen MR) is 93.2 cm³/mol. The van der Waals surface area contributed by atoms with Crippen LogP contribution in [0, 0.1) is 5.82 Å². The van der Waals surface area contributed by atoms with Crippen LogP contribution in [0.2, 0.25) is 5.02 Å². The van der Waals surface area contributed by atoms with Gasteiger partial charge in [0.2, 0.25) is 5.95 Å². The number of nitrogens with one attached hydrogen (secondary N) is 2. The molecule has 0 fully saturated rings. The summed E-state index contributed by atoms with van der Waals surface area (Å²) >= 11 is 5.96. The number of hydrogen-bond donors (Lipinski definition) is 2. The highest BCUT2D eigenvalue weighted by molar-refractivity contribution is 6.30. The molecular formula is C17H15ClFN5. The molecule has 0 saturated heterocycles. The summed E-state index contributed by atoms with van der Waals surface area (Å²) in [5.74, 6) is 0.571. The van der Waals surface area contributed by atoms with Gasteiger partial charge < -0.3 is 10.6 Å². The molecule has 0 aliphatic carbocycles. The highest BCUT2D eigenvalue weighted by Gasteiger charge is 2.02. The maximum absolute atomic E-state index is 13.2. The zero-order valence-corrected chi connectivity index (χ0v) is 13.5. The molecule has 0 amide bonds. The summed E-state index contributed by atoms with van der Waals surface area (Å²) in [5.41, 5.74) is 1.72. The molecule has 0 bridgehead atoms. The molecule has 122 valence electrons. The van der Waals surface area contributed by atoms with E-state index in [9.17, 15) is 4.39 Å². The van der Waals surface area contributed by atoms with Gasteiger partial charge in [-0.2, -0.15) is 10.1 Å². The van der Waals surface area contributed by atoms with Crippen molar-refractivity contribution in [3.63, 3.8) is 0 Å². The number of halogens is 2. The molecule has 2 N–H and O–H groups in total. The Bertz CT molecular complexity index is 827. The summed E-state index contributed by atoms with van der Waals surface area (Å²) in [6, 6.07) is 13.8. The summed E-state index contributed by atoms with van der Waals surface area (Å²) in [4.78, 5) is 4.30. The summed E-state index contributed by atoms with van der Waals surface area (Å²) in [6.45, 7) is 0.644. The van der Waals surface area contributed by atoms with Crippen molar-refractivity contribution in [3.05, 3.63) is 71.1 Å². The number of benzene rings is 2. The minimum atomic E-state index is -0.318. The summed E-state index contributed by atoms with van der Waals surface area (Å²) < 4.78 is 13.2. The lowest BCUT2D eigenvalue weighted by Gasteiger charge is -2.08. The third-order valence-electron chi connectivity index (χ3n) is 3.24. The normalized spacial score (nSPS) is 10.4. The first-order chi connectivity index (χ1) is 11.7. The van der Waals surface area contributed by atoms with Crippen molar-refractivity contribution >= 4 is 29.1 Å². The van der Waals surface area contributed by atoms with Crippen LogP contribution in [0.5, 0.6) is 0 Å². The molecule has 0 spiro atoms. The van der Waals surface area contributed by atoms with Crippen molar-refractivity contribution < 1.29 is 4.39 Å². The second kappa shape index (κ2) is 7.70. The van der Waals surface area contributed by atoms with Crippen LogP contribution in [0.25, 0.3) is 0 Å². The van der Waals surface area contributed by atoms with E-state index in [2.05, 4.69) is 25.8 Å². The van der Waals surface area contributed by atoms with Crippen molar-refractivity contribution in [2.24, 2.45) is 0 Å². The van der Waals surface area contributed by atoms with Gasteiger partial charge in [-0.25, -0.2) is 4.39 Å². The number of nitrogens with zero attached hydrogens (tertiary/aromatic N) is 3. The van der Waals surface area contributed by atoms with Crippen LogP contribution in [0.4, 0.5) is 21.8 Å². The van der Waals surface area contributed by atoms with E-state index >= 15 is 0 Å². The van der Waals surface area contributed by atoms with Crippen LogP contribution in [0.15, 0.2) is 54.7 Å². The molecule has 3 aromatic rings. The largest absolute Gasteiger partial charge is 0.353 e. The van der Waals surface area contributed by atoms with Crippen molar-refractivity contribution in [2.45, 2.75) is 6.42 Å². The van der Waals surface area contributed by atoms with Crippen molar-refractivity contribution in [1.82, 2.24) is 15.2 Å². The van der Waals surface area contributed by atoms with Gasteiger partial charge in [-0.3, -0.25) is 0 Å². The lowest BCUT2D eigenvalue weighted by atomic mass is 10.1. The topological polar surface area (TPSA) is 62.7 Å². The van der Waals surface area contributed by atoms with Gasteiger partial charge in [0.1, 0.15) is 5.82 Å². The van der Waals surface area contributed by atoms with Gasteiger partial charge in [0.15, 0.2) is 5.82 Å². The number of anilines is 3. The SMILES string of the molecule is Fc1cccc(Nc2cnnc(NCCc3cccc(Cl)c3)n2)c1. The molecule has 24 heavy (non-hydrogen) atoms. The van der Waals surface area contributed by atoms with Crippen LogP contribution in [0.1, 0.15) is 5.56 Å². The number of rotatable bonds is 6. The highest BCUT2D eigenvalue weighted by Crippen LogP contribution is 2.15. The van der Waals surface area contributed by atoms with Crippen LogP contribution >= 0.6 is 11.6 Å². The molecule has 7 heteroatoms. The van der Waals surface area contributed by atoms with E-state index in [0.717, 1.165) is 12.0 Å². The number of aromatic nitrogens is 3. The Morgan fingerprint density at radius 3 is 2.79 bits per heavy atom. The molecule has 0 atom stereocenters. The lowest BCUT2D eigenvalue weighted by molar-refractivity contribution is 0.628. The van der Waals surface area contributed by atoms with E-state index in [0.29, 0.717) is 29.0 Å². The Kier molecular flexibility index (Phi) is 5.18. The van der Waals surface area contributed by atoms with Gasteiger partial charge >= 0.3 is 0 Å². The van der Waals surface area contributed by atoms with Crippen LogP contribution in [-0.4, -0.2) is 21.7 Å². The molecule has 0 unspecified atom stereocenters. The Morgan fingerprint density at radius 1 is 1.08 bits per heavy atom. The average Bonchev–Trinajstić information content (AvgIpc) is 2.55. The average molecular weight is 344 g/mol. The predicted octanol–water partition coefficient (Wildman–Crippen LogP) is 4.06. The minimum absolute atomic E-state index is 0.318. The second-order valence-corrected chi connectivity index (χ2v) is 5.54. The van der Waals surface area contributed by atoms with Gasteiger partial charge in [-0.1, -0.05) is 29.8 Å². The van der Waals surface area contributed by atoms with Crippen molar-refractivity contribution in [3.8, 4) is 0 Å². The van der Waals surface area contributed by atoms with Crippen LogP contribution in [-0.2, 0) is 6.42 Å². The van der Waals surface area contributed by atoms with Crippen LogP contribution in [0.3, 0.4) is 0 Å². The smallest absolute Gasteiger partial charge is 0.244 e. The first kappa shape index (κ1) is 16.1. The zero-order chi connectivity index (χ0) is 16.8. The van der Waals surface area contributed by atoms with Gasteiger partial charge in [0.05, 0.1) is 6.20 Å². The standard InChI is InChI=1S/C17H15ClFN5/c18-13-4-1-3-12(9-13)7-8-20-17-23-16(11-21-24-17)22-15-6-2-5-14(19)10-15/h1-6,9-11H,7-8H2,(H2,20,22,23,24). The second-order valence-electron chi connectivity index (χ2n) is 5.11. The van der Waals surface area contributed by atoms with Gasteiger partial charge in [-0.05, 0) is 42.3 Å². The zero-order valence-electron chi connectivity index (χ0n) is 12.7. The van der Waals surface area contributed by atoms with E-state index in [-0.39, 0.29) is 5.82 Å². The van der Waals surface area contributed by atoms with Crippen molar-refractivity contribution in [1.29, 1.82) is 0 Å². The molecule has 0 aliphatic rings. The fourth-order valence-corrected chi connectivity index (χ4v) is 2.38. The van der Waals surface area contributed by atoms with Crippen molar-refractivity contribution in [2.75, 3.05) is 17.2 Å². The Balaban J connectivity index is 1.59. The van der Waals surface area contributed by atoms with E-state index in [4.69, 9.17) is 11.6 Å². The lowest BCUT2D eigenvalue weighted by Crippen LogP contribution is -2.09.